The van der Waals surface area contributed by atoms with Crippen LogP contribution in [0.4, 0.5) is 0 Å². The molecule has 5 nitrogen and oxygen atoms in total. The predicted octanol–water partition coefficient (Wildman–Crippen LogP) is 3.59. The SMILES string of the molecule is COc1cc(OC)c(OC)cc1CCNCc1cccc2ncccc12. The normalized spacial score (nSPS) is 10.7. The van der Waals surface area contributed by atoms with E-state index in [9.17, 15) is 0 Å². The van der Waals surface area contributed by atoms with E-state index in [1.807, 2.05) is 36.5 Å². The Labute approximate surface area is 153 Å². The van der Waals surface area contributed by atoms with E-state index in [2.05, 4.69) is 22.4 Å². The second-order valence-corrected chi connectivity index (χ2v) is 5.93. The molecule has 0 aliphatic carbocycles. The summed E-state index contributed by atoms with van der Waals surface area (Å²) in [5.41, 5.74) is 3.35. The molecule has 0 aliphatic heterocycles. The van der Waals surface area contributed by atoms with Crippen molar-refractivity contribution < 1.29 is 14.2 Å². The maximum Gasteiger partial charge on any atom is 0.164 e. The Kier molecular flexibility index (Phi) is 5.92. The van der Waals surface area contributed by atoms with Crippen molar-refractivity contribution in [3.8, 4) is 17.2 Å². The lowest BCUT2D eigenvalue weighted by molar-refractivity contribution is 0.347. The van der Waals surface area contributed by atoms with E-state index in [1.165, 1.54) is 10.9 Å². The minimum absolute atomic E-state index is 0.671. The molecule has 3 aromatic rings. The first-order valence-electron chi connectivity index (χ1n) is 8.59. The van der Waals surface area contributed by atoms with Crippen LogP contribution < -0.4 is 19.5 Å². The van der Waals surface area contributed by atoms with E-state index in [0.717, 1.165) is 36.3 Å². The number of aromatic nitrogens is 1. The Morgan fingerprint density at radius 3 is 2.38 bits per heavy atom. The molecular weight excluding hydrogens is 328 g/mol. The number of rotatable bonds is 8. The number of ether oxygens (including phenoxy) is 3. The summed E-state index contributed by atoms with van der Waals surface area (Å²) in [7, 11) is 4.93. The Balaban J connectivity index is 1.66. The van der Waals surface area contributed by atoms with Crippen molar-refractivity contribution >= 4 is 10.9 Å². The number of hydrogen-bond acceptors (Lipinski definition) is 5. The highest BCUT2D eigenvalue weighted by atomic mass is 16.5. The Morgan fingerprint density at radius 1 is 0.846 bits per heavy atom. The van der Waals surface area contributed by atoms with Crippen LogP contribution in [0.5, 0.6) is 17.2 Å². The van der Waals surface area contributed by atoms with Crippen molar-refractivity contribution in [3.63, 3.8) is 0 Å². The van der Waals surface area contributed by atoms with Gasteiger partial charge in [-0.25, -0.2) is 0 Å². The number of fused-ring (bicyclic) bond motifs is 1. The van der Waals surface area contributed by atoms with Crippen molar-refractivity contribution in [2.45, 2.75) is 13.0 Å². The van der Waals surface area contributed by atoms with Crippen LogP contribution in [-0.2, 0) is 13.0 Å². The smallest absolute Gasteiger partial charge is 0.164 e. The topological polar surface area (TPSA) is 52.6 Å². The number of nitrogens with one attached hydrogen (secondary N) is 1. The average Bonchev–Trinajstić information content (AvgIpc) is 2.70. The van der Waals surface area contributed by atoms with Crippen LogP contribution in [0.1, 0.15) is 11.1 Å². The fraction of sp³-hybridized carbons (Fsp3) is 0.286. The van der Waals surface area contributed by atoms with Crippen molar-refractivity contribution in [1.82, 2.24) is 10.3 Å². The summed E-state index contributed by atoms with van der Waals surface area (Å²) in [5.74, 6) is 2.19. The average molecular weight is 352 g/mol. The highest BCUT2D eigenvalue weighted by molar-refractivity contribution is 5.81. The standard InChI is InChI=1S/C21H24N2O3/c1-24-19-13-21(26-3)20(25-2)12-15(19)9-11-22-14-16-6-4-8-18-17(16)7-5-10-23-18/h4-8,10,12-13,22H,9,11,14H2,1-3H3. The first-order chi connectivity index (χ1) is 12.8. The Morgan fingerprint density at radius 2 is 1.62 bits per heavy atom. The van der Waals surface area contributed by atoms with Crippen LogP contribution in [0.25, 0.3) is 10.9 Å². The summed E-state index contributed by atoms with van der Waals surface area (Å²) in [6, 6.07) is 14.1. The van der Waals surface area contributed by atoms with E-state index in [0.29, 0.717) is 11.5 Å². The third kappa shape index (κ3) is 3.89. The zero-order valence-corrected chi connectivity index (χ0v) is 15.4. The largest absolute Gasteiger partial charge is 0.496 e. The maximum absolute atomic E-state index is 5.49. The van der Waals surface area contributed by atoms with Gasteiger partial charge in [0.15, 0.2) is 11.5 Å². The van der Waals surface area contributed by atoms with Gasteiger partial charge in [0.05, 0.1) is 26.8 Å². The van der Waals surface area contributed by atoms with Crippen LogP contribution >= 0.6 is 0 Å². The molecule has 136 valence electrons. The van der Waals surface area contributed by atoms with Gasteiger partial charge < -0.3 is 19.5 Å². The summed E-state index contributed by atoms with van der Waals surface area (Å²) >= 11 is 0. The summed E-state index contributed by atoms with van der Waals surface area (Å²) < 4.78 is 16.2. The quantitative estimate of drug-likeness (QED) is 0.628. The summed E-state index contributed by atoms with van der Waals surface area (Å²) in [6.45, 7) is 1.61. The minimum atomic E-state index is 0.671. The van der Waals surface area contributed by atoms with Crippen LogP contribution in [0.3, 0.4) is 0 Å². The molecule has 0 saturated carbocycles. The second kappa shape index (κ2) is 8.54. The van der Waals surface area contributed by atoms with Crippen LogP contribution in [0.15, 0.2) is 48.7 Å². The van der Waals surface area contributed by atoms with Crippen LogP contribution in [0.2, 0.25) is 0 Å². The molecule has 0 aliphatic rings. The maximum atomic E-state index is 5.49. The first kappa shape index (κ1) is 18.0. The van der Waals surface area contributed by atoms with E-state index in [1.54, 1.807) is 21.3 Å². The zero-order valence-electron chi connectivity index (χ0n) is 15.4. The Hall–Kier alpha value is -2.79. The van der Waals surface area contributed by atoms with Gasteiger partial charge >= 0.3 is 0 Å². The number of hydrogen-bond donors (Lipinski definition) is 1. The molecular formula is C21H24N2O3. The van der Waals surface area contributed by atoms with E-state index in [4.69, 9.17) is 14.2 Å². The van der Waals surface area contributed by atoms with E-state index < -0.39 is 0 Å². The van der Waals surface area contributed by atoms with Gasteiger partial charge in [-0.05, 0) is 42.3 Å². The highest BCUT2D eigenvalue weighted by Crippen LogP contribution is 2.34. The van der Waals surface area contributed by atoms with Crippen molar-refractivity contribution in [2.24, 2.45) is 0 Å². The zero-order chi connectivity index (χ0) is 18.4. The summed E-state index contributed by atoms with van der Waals surface area (Å²) in [4.78, 5) is 4.41. The first-order valence-corrected chi connectivity index (χ1v) is 8.59. The summed E-state index contributed by atoms with van der Waals surface area (Å²) in [6.07, 6.45) is 2.65. The Bertz CT molecular complexity index is 875. The lowest BCUT2D eigenvalue weighted by Crippen LogP contribution is -2.17. The number of nitrogens with zero attached hydrogens (tertiary/aromatic N) is 1. The molecule has 0 saturated heterocycles. The monoisotopic (exact) mass is 352 g/mol. The van der Waals surface area contributed by atoms with E-state index >= 15 is 0 Å². The fourth-order valence-electron chi connectivity index (χ4n) is 3.06. The molecule has 0 spiro atoms. The third-order valence-corrected chi connectivity index (χ3v) is 4.41. The van der Waals surface area contributed by atoms with Crippen LogP contribution in [0, 0.1) is 0 Å². The molecule has 0 fully saturated rings. The van der Waals surface area contributed by atoms with Crippen molar-refractivity contribution in [2.75, 3.05) is 27.9 Å². The molecule has 0 radical (unpaired) electrons. The number of benzene rings is 2. The minimum Gasteiger partial charge on any atom is -0.496 e. The molecule has 0 amide bonds. The predicted molar refractivity (Wildman–Crippen MR) is 103 cm³/mol. The van der Waals surface area contributed by atoms with Gasteiger partial charge in [-0.15, -0.1) is 0 Å². The molecule has 0 atom stereocenters. The molecule has 2 aromatic carbocycles. The molecule has 0 bridgehead atoms. The molecule has 5 heteroatoms. The lowest BCUT2D eigenvalue weighted by Gasteiger charge is -2.14. The van der Waals surface area contributed by atoms with Gasteiger partial charge in [-0.2, -0.15) is 0 Å². The van der Waals surface area contributed by atoms with Gasteiger partial charge in [0, 0.05) is 24.2 Å². The van der Waals surface area contributed by atoms with Gasteiger partial charge in [-0.1, -0.05) is 18.2 Å². The number of pyridine rings is 1. The fourth-order valence-corrected chi connectivity index (χ4v) is 3.06. The van der Waals surface area contributed by atoms with Gasteiger partial charge in [0.25, 0.3) is 0 Å². The van der Waals surface area contributed by atoms with Crippen LogP contribution in [-0.4, -0.2) is 32.9 Å². The molecule has 1 aromatic heterocycles. The molecule has 0 unspecified atom stereocenters. The number of methoxy groups -OCH3 is 3. The van der Waals surface area contributed by atoms with Gasteiger partial charge in [-0.3, -0.25) is 4.98 Å². The molecule has 26 heavy (non-hydrogen) atoms. The lowest BCUT2D eigenvalue weighted by atomic mass is 10.1. The van der Waals surface area contributed by atoms with Crippen molar-refractivity contribution in [1.29, 1.82) is 0 Å². The van der Waals surface area contributed by atoms with E-state index in [-0.39, 0.29) is 0 Å². The highest BCUT2D eigenvalue weighted by Gasteiger charge is 2.11. The molecule has 1 N–H and O–H groups in total. The van der Waals surface area contributed by atoms with Crippen molar-refractivity contribution in [3.05, 3.63) is 59.8 Å². The third-order valence-electron chi connectivity index (χ3n) is 4.41. The molecule has 1 heterocycles. The molecule has 3 rings (SSSR count). The van der Waals surface area contributed by atoms with Gasteiger partial charge in [0.2, 0.25) is 0 Å². The second-order valence-electron chi connectivity index (χ2n) is 5.93. The van der Waals surface area contributed by atoms with Gasteiger partial charge in [0.1, 0.15) is 5.75 Å². The summed E-state index contributed by atoms with van der Waals surface area (Å²) in [5, 5.41) is 4.69.